The number of carboxylic acids is 1. The number of rotatable bonds is 3. The molecule has 1 atom stereocenters. The van der Waals surface area contributed by atoms with Crippen molar-refractivity contribution in [2.75, 3.05) is 25.5 Å². The van der Waals surface area contributed by atoms with Gasteiger partial charge >= 0.3 is 12.0 Å². The summed E-state index contributed by atoms with van der Waals surface area (Å²) in [6.07, 6.45) is 4.01. The first-order chi connectivity index (χ1) is 9.61. The lowest BCUT2D eigenvalue weighted by Gasteiger charge is -2.30. The molecule has 2 N–H and O–H groups in total. The highest BCUT2D eigenvalue weighted by molar-refractivity contribution is 5.90. The molecule has 0 aromatic carbocycles. The van der Waals surface area contributed by atoms with Crippen LogP contribution < -0.4 is 10.1 Å². The van der Waals surface area contributed by atoms with E-state index in [1.165, 1.54) is 24.5 Å². The average molecular weight is 280 g/mol. The van der Waals surface area contributed by atoms with E-state index in [4.69, 9.17) is 9.84 Å². The molecule has 0 spiro atoms. The number of hydrogen-bond acceptors (Lipinski definition) is 5. The molecule has 1 aromatic heterocycles. The van der Waals surface area contributed by atoms with E-state index in [1.54, 1.807) is 0 Å². The zero-order valence-electron chi connectivity index (χ0n) is 11.1. The van der Waals surface area contributed by atoms with Gasteiger partial charge in [-0.3, -0.25) is 10.1 Å². The molecule has 1 fully saturated rings. The summed E-state index contributed by atoms with van der Waals surface area (Å²) in [6.45, 7) is 0.734. The third-order valence-corrected chi connectivity index (χ3v) is 3.18. The van der Waals surface area contributed by atoms with E-state index in [1.807, 2.05) is 0 Å². The van der Waals surface area contributed by atoms with Gasteiger partial charge in [-0.15, -0.1) is 0 Å². The van der Waals surface area contributed by atoms with Crippen molar-refractivity contribution in [2.45, 2.75) is 12.8 Å². The molecule has 1 unspecified atom stereocenters. The molecule has 2 amide bonds. The molecule has 1 aliphatic rings. The van der Waals surface area contributed by atoms with Crippen LogP contribution >= 0.6 is 0 Å². The number of methoxy groups -OCH3 is 1. The van der Waals surface area contributed by atoms with Crippen LogP contribution in [0.1, 0.15) is 12.8 Å². The first kappa shape index (κ1) is 14.0. The molecular formula is C12H16N4O4. The zero-order valence-corrected chi connectivity index (χ0v) is 11.1. The number of aromatic nitrogens is 2. The Balaban J connectivity index is 2.02. The van der Waals surface area contributed by atoms with Crippen molar-refractivity contribution in [3.63, 3.8) is 0 Å². The monoisotopic (exact) mass is 280 g/mol. The van der Waals surface area contributed by atoms with Crippen molar-refractivity contribution in [1.29, 1.82) is 0 Å². The van der Waals surface area contributed by atoms with Crippen molar-refractivity contribution in [3.8, 4) is 5.75 Å². The minimum atomic E-state index is -0.873. The molecule has 0 bridgehead atoms. The Bertz CT molecular complexity index is 508. The number of likely N-dealkylation sites (tertiary alicyclic amines) is 1. The van der Waals surface area contributed by atoms with Crippen LogP contribution in [-0.2, 0) is 4.79 Å². The van der Waals surface area contributed by atoms with Crippen LogP contribution in [0, 0.1) is 5.92 Å². The quantitative estimate of drug-likeness (QED) is 0.849. The van der Waals surface area contributed by atoms with Gasteiger partial charge in [0.2, 0.25) is 0 Å². The minimum Gasteiger partial charge on any atom is -0.491 e. The Hall–Kier alpha value is -2.38. The molecular weight excluding hydrogens is 264 g/mol. The van der Waals surface area contributed by atoms with E-state index < -0.39 is 11.9 Å². The molecule has 108 valence electrons. The second-order valence-corrected chi connectivity index (χ2v) is 4.49. The van der Waals surface area contributed by atoms with Gasteiger partial charge in [0.05, 0.1) is 19.2 Å². The van der Waals surface area contributed by atoms with Crippen LogP contribution in [0.4, 0.5) is 10.6 Å². The van der Waals surface area contributed by atoms with E-state index in [0.29, 0.717) is 25.1 Å². The van der Waals surface area contributed by atoms with Gasteiger partial charge in [0.1, 0.15) is 6.33 Å². The molecule has 8 nitrogen and oxygen atoms in total. The Labute approximate surface area is 115 Å². The SMILES string of the molecule is COc1cncnc1NC(=O)N1CCCC(C(=O)O)C1. The lowest BCUT2D eigenvalue weighted by molar-refractivity contribution is -0.143. The lowest BCUT2D eigenvalue weighted by Crippen LogP contribution is -2.44. The highest BCUT2D eigenvalue weighted by Gasteiger charge is 2.28. The molecule has 1 aromatic rings. The van der Waals surface area contributed by atoms with Gasteiger partial charge in [-0.25, -0.2) is 14.8 Å². The Kier molecular flexibility index (Phi) is 4.34. The minimum absolute atomic E-state index is 0.203. The predicted molar refractivity (Wildman–Crippen MR) is 69.5 cm³/mol. The molecule has 1 saturated heterocycles. The van der Waals surface area contributed by atoms with Crippen LogP contribution in [0.25, 0.3) is 0 Å². The molecule has 1 aliphatic heterocycles. The largest absolute Gasteiger partial charge is 0.491 e. The first-order valence-corrected chi connectivity index (χ1v) is 6.24. The molecule has 2 heterocycles. The number of nitrogens with zero attached hydrogens (tertiary/aromatic N) is 3. The third-order valence-electron chi connectivity index (χ3n) is 3.18. The summed E-state index contributed by atoms with van der Waals surface area (Å²) in [6, 6.07) is -0.382. The summed E-state index contributed by atoms with van der Waals surface area (Å²) in [5.74, 6) is -0.762. The highest BCUT2D eigenvalue weighted by Crippen LogP contribution is 2.21. The lowest BCUT2D eigenvalue weighted by atomic mass is 9.99. The molecule has 20 heavy (non-hydrogen) atoms. The number of carbonyl (C=O) groups excluding carboxylic acids is 1. The third kappa shape index (κ3) is 3.14. The summed E-state index contributed by atoms with van der Waals surface area (Å²) < 4.78 is 5.04. The maximum Gasteiger partial charge on any atom is 0.323 e. The maximum absolute atomic E-state index is 12.1. The number of ether oxygens (including phenoxy) is 1. The van der Waals surface area contributed by atoms with Crippen molar-refractivity contribution in [1.82, 2.24) is 14.9 Å². The Morgan fingerprint density at radius 2 is 2.35 bits per heavy atom. The number of carbonyl (C=O) groups is 2. The van der Waals surface area contributed by atoms with Gasteiger partial charge in [-0.1, -0.05) is 0 Å². The number of nitrogens with one attached hydrogen (secondary N) is 1. The number of carboxylic acid groups (broad SMARTS) is 1. The van der Waals surface area contributed by atoms with Crippen molar-refractivity contribution in [2.24, 2.45) is 5.92 Å². The Morgan fingerprint density at radius 1 is 1.55 bits per heavy atom. The van der Waals surface area contributed by atoms with Gasteiger partial charge in [0.25, 0.3) is 0 Å². The fourth-order valence-corrected chi connectivity index (χ4v) is 2.10. The van der Waals surface area contributed by atoms with Crippen molar-refractivity contribution in [3.05, 3.63) is 12.5 Å². The molecule has 0 saturated carbocycles. The molecule has 0 radical (unpaired) electrons. The number of hydrogen-bond donors (Lipinski definition) is 2. The van der Waals surface area contributed by atoms with Gasteiger partial charge < -0.3 is 14.7 Å². The summed E-state index contributed by atoms with van der Waals surface area (Å²) in [5.41, 5.74) is 0. The number of anilines is 1. The molecule has 8 heteroatoms. The fraction of sp³-hybridized carbons (Fsp3) is 0.500. The maximum atomic E-state index is 12.1. The summed E-state index contributed by atoms with van der Waals surface area (Å²) in [4.78, 5) is 32.3. The van der Waals surface area contributed by atoms with Crippen molar-refractivity contribution >= 4 is 17.8 Å². The van der Waals surface area contributed by atoms with Gasteiger partial charge in [0, 0.05) is 13.1 Å². The predicted octanol–water partition coefficient (Wildman–Crippen LogP) is 0.814. The average Bonchev–Trinajstić information content (AvgIpc) is 2.48. The Morgan fingerprint density at radius 3 is 3.05 bits per heavy atom. The topological polar surface area (TPSA) is 105 Å². The standard InChI is InChI=1S/C12H16N4O4/c1-20-9-5-13-7-14-10(9)15-12(19)16-4-2-3-8(6-16)11(17)18/h5,7-8H,2-4,6H2,1H3,(H,17,18)(H,13,14,15,19). The van der Waals surface area contributed by atoms with Crippen LogP contribution in [-0.4, -0.2) is 52.2 Å². The normalized spacial score (nSPS) is 18.4. The number of aliphatic carboxylic acids is 1. The number of amides is 2. The smallest absolute Gasteiger partial charge is 0.323 e. The van der Waals surface area contributed by atoms with Crippen LogP contribution in [0.2, 0.25) is 0 Å². The van der Waals surface area contributed by atoms with E-state index in [-0.39, 0.29) is 18.4 Å². The first-order valence-electron chi connectivity index (χ1n) is 6.24. The van der Waals surface area contributed by atoms with Crippen molar-refractivity contribution < 1.29 is 19.4 Å². The van der Waals surface area contributed by atoms with E-state index in [0.717, 1.165) is 0 Å². The second kappa shape index (κ2) is 6.18. The van der Waals surface area contributed by atoms with Gasteiger partial charge in [0.15, 0.2) is 11.6 Å². The van der Waals surface area contributed by atoms with Crippen LogP contribution in [0.5, 0.6) is 5.75 Å². The molecule has 2 rings (SSSR count). The summed E-state index contributed by atoms with van der Waals surface area (Å²) in [7, 11) is 1.45. The summed E-state index contributed by atoms with van der Waals surface area (Å²) >= 11 is 0. The van der Waals surface area contributed by atoms with E-state index in [9.17, 15) is 9.59 Å². The van der Waals surface area contributed by atoms with E-state index >= 15 is 0 Å². The zero-order chi connectivity index (χ0) is 14.5. The second-order valence-electron chi connectivity index (χ2n) is 4.49. The van der Waals surface area contributed by atoms with Crippen LogP contribution in [0.3, 0.4) is 0 Å². The fourth-order valence-electron chi connectivity index (χ4n) is 2.10. The molecule has 0 aliphatic carbocycles. The van der Waals surface area contributed by atoms with Gasteiger partial charge in [-0.05, 0) is 12.8 Å². The number of urea groups is 1. The van der Waals surface area contributed by atoms with Gasteiger partial charge in [-0.2, -0.15) is 0 Å². The van der Waals surface area contributed by atoms with E-state index in [2.05, 4.69) is 15.3 Å². The van der Waals surface area contributed by atoms with Crippen LogP contribution in [0.15, 0.2) is 12.5 Å². The highest BCUT2D eigenvalue weighted by atomic mass is 16.5. The number of piperidine rings is 1. The summed E-state index contributed by atoms with van der Waals surface area (Å²) in [5, 5.41) is 11.6.